The van der Waals surface area contributed by atoms with Crippen LogP contribution in [-0.2, 0) is 9.09 Å². The van der Waals surface area contributed by atoms with Crippen molar-refractivity contribution >= 4 is 13.8 Å². The van der Waals surface area contributed by atoms with Crippen molar-refractivity contribution in [3.63, 3.8) is 0 Å². The summed E-state index contributed by atoms with van der Waals surface area (Å²) < 4.78 is 19.1. The van der Waals surface area contributed by atoms with E-state index in [2.05, 4.69) is 4.52 Å². The van der Waals surface area contributed by atoms with Gasteiger partial charge in [0.15, 0.2) is 0 Å². The van der Waals surface area contributed by atoms with Crippen molar-refractivity contribution in [1.82, 2.24) is 0 Å². The Morgan fingerprint density at radius 1 is 1.27 bits per heavy atom. The highest BCUT2D eigenvalue weighted by Gasteiger charge is 2.21. The van der Waals surface area contributed by atoms with Gasteiger partial charge in [-0.25, -0.2) is 9.36 Å². The third-order valence-electron chi connectivity index (χ3n) is 1.53. The molecule has 82 valence electrons. The van der Waals surface area contributed by atoms with Gasteiger partial charge in [-0.05, 0) is 24.3 Å². The number of rotatable bonds is 3. The zero-order valence-corrected chi connectivity index (χ0v) is 8.68. The molecular weight excluding hydrogens is 223 g/mol. The van der Waals surface area contributed by atoms with Gasteiger partial charge in [-0.2, -0.15) is 0 Å². The van der Waals surface area contributed by atoms with Gasteiger partial charge in [0.25, 0.3) is 0 Å². The molecule has 15 heavy (non-hydrogen) atoms. The number of hydrogen-bond acceptors (Lipinski definition) is 4. The molecule has 0 aliphatic heterocycles. The monoisotopic (exact) mass is 232 g/mol. The lowest BCUT2D eigenvalue weighted by Crippen LogP contribution is -2.02. The summed E-state index contributed by atoms with van der Waals surface area (Å²) in [5.41, 5.74) is 0.0409. The van der Waals surface area contributed by atoms with E-state index in [9.17, 15) is 9.36 Å². The molecule has 7 heteroatoms. The molecule has 0 aliphatic rings. The van der Waals surface area contributed by atoms with Crippen molar-refractivity contribution in [2.45, 2.75) is 0 Å². The first-order valence-electron chi connectivity index (χ1n) is 3.86. The van der Waals surface area contributed by atoms with Gasteiger partial charge in [-0.3, -0.25) is 9.79 Å². The third-order valence-corrected chi connectivity index (χ3v) is 1.93. The summed E-state index contributed by atoms with van der Waals surface area (Å²) in [5.74, 6) is -0.547. The maximum atomic E-state index is 11.1. The minimum atomic E-state index is -4.79. The lowest BCUT2D eigenvalue weighted by molar-refractivity contribution is 0.0678. The molecular formula is C8H9O6P. The fraction of sp³-hybridized carbons (Fsp3) is 0.125. The van der Waals surface area contributed by atoms with E-state index < -0.39 is 13.8 Å². The van der Waals surface area contributed by atoms with Crippen molar-refractivity contribution in [2.75, 3.05) is 7.11 Å². The van der Waals surface area contributed by atoms with E-state index >= 15 is 0 Å². The van der Waals surface area contributed by atoms with Crippen molar-refractivity contribution in [1.29, 1.82) is 0 Å². The maximum Gasteiger partial charge on any atom is 0.527 e. The number of carbonyl (C=O) groups excluding carboxylic acids is 1. The first-order valence-corrected chi connectivity index (χ1v) is 5.39. The molecule has 0 bridgehead atoms. The Hall–Kier alpha value is -1.36. The van der Waals surface area contributed by atoms with Gasteiger partial charge in [0, 0.05) is 0 Å². The van der Waals surface area contributed by atoms with Crippen LogP contribution in [0.4, 0.5) is 0 Å². The summed E-state index contributed by atoms with van der Waals surface area (Å²) in [6, 6.07) is 5.65. The standard InChI is InChI=1S/C8H9O6P/c1-13-7-4-2-6(3-5-7)8(9)14-15(10,11)12/h2-5H,1H3,(H2,10,11,12). The highest BCUT2D eigenvalue weighted by Crippen LogP contribution is 2.36. The van der Waals surface area contributed by atoms with Gasteiger partial charge in [0.2, 0.25) is 0 Å². The number of phosphoric ester groups is 1. The zero-order chi connectivity index (χ0) is 11.5. The Balaban J connectivity index is 2.79. The molecule has 0 saturated carbocycles. The Labute approximate surface area is 85.7 Å². The lowest BCUT2D eigenvalue weighted by atomic mass is 10.2. The van der Waals surface area contributed by atoms with Crippen LogP contribution in [0.25, 0.3) is 0 Å². The normalized spacial score (nSPS) is 10.9. The second kappa shape index (κ2) is 4.44. The Kier molecular flexibility index (Phi) is 3.47. The number of carbonyl (C=O) groups is 1. The summed E-state index contributed by atoms with van der Waals surface area (Å²) in [4.78, 5) is 27.9. The summed E-state index contributed by atoms with van der Waals surface area (Å²) in [5, 5.41) is 0. The minimum Gasteiger partial charge on any atom is -0.497 e. The molecule has 0 fully saturated rings. The average Bonchev–Trinajstić information content (AvgIpc) is 2.15. The second-order valence-corrected chi connectivity index (χ2v) is 3.76. The molecule has 0 aromatic heterocycles. The molecule has 1 aromatic carbocycles. The predicted octanol–water partition coefficient (Wildman–Crippen LogP) is 0.945. The molecule has 0 atom stereocenters. The lowest BCUT2D eigenvalue weighted by Gasteiger charge is -2.05. The molecule has 0 amide bonds. The molecule has 0 unspecified atom stereocenters. The summed E-state index contributed by atoms with van der Waals surface area (Å²) >= 11 is 0. The molecule has 2 N–H and O–H groups in total. The van der Waals surface area contributed by atoms with Crippen LogP contribution >= 0.6 is 7.82 Å². The van der Waals surface area contributed by atoms with Crippen LogP contribution in [0.2, 0.25) is 0 Å². The summed E-state index contributed by atoms with van der Waals surface area (Å²) in [7, 11) is -3.33. The number of benzene rings is 1. The van der Waals surface area contributed by atoms with Gasteiger partial charge in [0.05, 0.1) is 12.7 Å². The molecule has 0 spiro atoms. The van der Waals surface area contributed by atoms with Crippen molar-refractivity contribution in [2.24, 2.45) is 0 Å². The average molecular weight is 232 g/mol. The van der Waals surface area contributed by atoms with Crippen LogP contribution in [0.3, 0.4) is 0 Å². The van der Waals surface area contributed by atoms with E-state index in [1.807, 2.05) is 0 Å². The fourth-order valence-electron chi connectivity index (χ4n) is 0.888. The van der Waals surface area contributed by atoms with Gasteiger partial charge in [-0.1, -0.05) is 0 Å². The van der Waals surface area contributed by atoms with E-state index in [1.165, 1.54) is 31.4 Å². The first kappa shape index (κ1) is 11.7. The van der Waals surface area contributed by atoms with Crippen LogP contribution in [-0.4, -0.2) is 22.9 Å². The van der Waals surface area contributed by atoms with Gasteiger partial charge < -0.3 is 9.26 Å². The zero-order valence-electron chi connectivity index (χ0n) is 7.78. The number of ether oxygens (including phenoxy) is 1. The fourth-order valence-corrected chi connectivity index (χ4v) is 1.21. The topological polar surface area (TPSA) is 93.1 Å². The quantitative estimate of drug-likeness (QED) is 0.753. The third kappa shape index (κ3) is 3.71. The molecule has 0 aliphatic carbocycles. The molecule has 0 radical (unpaired) electrons. The van der Waals surface area contributed by atoms with Gasteiger partial charge in [-0.15, -0.1) is 0 Å². The molecule has 0 saturated heterocycles. The van der Waals surface area contributed by atoms with E-state index in [1.54, 1.807) is 0 Å². The Morgan fingerprint density at radius 3 is 2.20 bits per heavy atom. The number of methoxy groups -OCH3 is 1. The van der Waals surface area contributed by atoms with E-state index in [-0.39, 0.29) is 5.56 Å². The maximum absolute atomic E-state index is 11.1. The minimum absolute atomic E-state index is 0.0409. The van der Waals surface area contributed by atoms with Crippen LogP contribution in [0.15, 0.2) is 24.3 Å². The van der Waals surface area contributed by atoms with E-state index in [0.29, 0.717) is 5.75 Å². The Morgan fingerprint density at radius 2 is 1.80 bits per heavy atom. The van der Waals surface area contributed by atoms with Gasteiger partial charge in [0.1, 0.15) is 5.75 Å². The van der Waals surface area contributed by atoms with Crippen molar-refractivity contribution in [3.05, 3.63) is 29.8 Å². The summed E-state index contributed by atoms with van der Waals surface area (Å²) in [6.45, 7) is 0. The predicted molar refractivity (Wildman–Crippen MR) is 50.5 cm³/mol. The molecule has 1 rings (SSSR count). The molecule has 0 heterocycles. The van der Waals surface area contributed by atoms with Gasteiger partial charge >= 0.3 is 13.8 Å². The largest absolute Gasteiger partial charge is 0.527 e. The van der Waals surface area contributed by atoms with Crippen LogP contribution in [0.1, 0.15) is 10.4 Å². The number of hydrogen-bond donors (Lipinski definition) is 2. The highest BCUT2D eigenvalue weighted by molar-refractivity contribution is 7.46. The Bertz CT molecular complexity index is 392. The van der Waals surface area contributed by atoms with Crippen molar-refractivity contribution in [3.8, 4) is 5.75 Å². The van der Waals surface area contributed by atoms with Crippen LogP contribution < -0.4 is 4.74 Å². The second-order valence-electron chi connectivity index (χ2n) is 2.60. The van der Waals surface area contributed by atoms with E-state index in [4.69, 9.17) is 14.5 Å². The molecule has 6 nitrogen and oxygen atoms in total. The van der Waals surface area contributed by atoms with Crippen LogP contribution in [0.5, 0.6) is 5.75 Å². The SMILES string of the molecule is COc1ccc(C(=O)OP(=O)(O)O)cc1. The molecule has 1 aromatic rings. The highest BCUT2D eigenvalue weighted by atomic mass is 31.2. The van der Waals surface area contributed by atoms with E-state index in [0.717, 1.165) is 0 Å². The summed E-state index contributed by atoms with van der Waals surface area (Å²) in [6.07, 6.45) is 0. The van der Waals surface area contributed by atoms with Crippen LogP contribution in [0, 0.1) is 0 Å². The first-order chi connectivity index (χ1) is 6.92. The van der Waals surface area contributed by atoms with Crippen molar-refractivity contribution < 1.29 is 28.4 Å². The smallest absolute Gasteiger partial charge is 0.497 e. The number of phosphoric acid groups is 1.